The van der Waals surface area contributed by atoms with Gasteiger partial charge in [0.2, 0.25) is 33.6 Å². The van der Waals surface area contributed by atoms with Gasteiger partial charge in [-0.15, -0.1) is 6.58 Å². The van der Waals surface area contributed by atoms with Crippen molar-refractivity contribution in [3.8, 4) is 11.6 Å². The number of carbonyl (C=O) groups excluding carboxylic acids is 5. The van der Waals surface area contributed by atoms with E-state index in [1.165, 1.54) is 11.0 Å². The van der Waals surface area contributed by atoms with Gasteiger partial charge in [0.25, 0.3) is 5.91 Å². The zero-order chi connectivity index (χ0) is 47.2. The van der Waals surface area contributed by atoms with Crippen molar-refractivity contribution in [1.82, 2.24) is 35.5 Å². The fourth-order valence-electron chi connectivity index (χ4n) is 9.78. The number of fused-ring (bicyclic) bond motifs is 5. The highest BCUT2D eigenvalue weighted by Gasteiger charge is 2.63. The molecule has 0 radical (unpaired) electrons. The number of aromatic nitrogens is 1. The highest BCUT2D eigenvalue weighted by Crippen LogP contribution is 2.47. The molecular weight excluding hydrogens is 867 g/mol. The predicted molar refractivity (Wildman–Crippen MR) is 246 cm³/mol. The summed E-state index contributed by atoms with van der Waals surface area (Å²) in [4.78, 5) is 77.3. The van der Waals surface area contributed by atoms with E-state index in [9.17, 15) is 32.4 Å². The maximum absolute atomic E-state index is 14.9. The van der Waals surface area contributed by atoms with Crippen LogP contribution in [0.5, 0.6) is 11.6 Å². The van der Waals surface area contributed by atoms with E-state index in [-0.39, 0.29) is 43.4 Å². The summed E-state index contributed by atoms with van der Waals surface area (Å²) in [6.45, 7) is 12.7. The minimum Gasteiger partial charge on any atom is -0.492 e. The van der Waals surface area contributed by atoms with E-state index in [1.54, 1.807) is 6.92 Å². The molecule has 3 aliphatic heterocycles. The molecule has 5 amide bonds. The Morgan fingerprint density at radius 1 is 1.06 bits per heavy atom. The fraction of sp³-hybridized carbons (Fsp3) is 0.667. The maximum Gasteiger partial charge on any atom is 0.408 e. The van der Waals surface area contributed by atoms with Crippen molar-refractivity contribution in [3.63, 3.8) is 0 Å². The first-order valence-corrected chi connectivity index (χ1v) is 25.3. The molecule has 4 heterocycles. The highest BCUT2D eigenvalue weighted by atomic mass is 32.2. The Balaban J connectivity index is 1.09. The zero-order valence-corrected chi connectivity index (χ0v) is 39.8. The van der Waals surface area contributed by atoms with Gasteiger partial charge >= 0.3 is 6.09 Å². The number of pyridine rings is 1. The average Bonchev–Trinajstić information content (AvgIpc) is 4.21. The smallest absolute Gasteiger partial charge is 0.408 e. The van der Waals surface area contributed by atoms with Gasteiger partial charge in [-0.25, -0.2) is 18.2 Å². The second kappa shape index (κ2) is 18.6. The lowest BCUT2D eigenvalue weighted by molar-refractivity contribution is -0.142. The Morgan fingerprint density at radius 3 is 2.53 bits per heavy atom. The van der Waals surface area contributed by atoms with Gasteiger partial charge in [0, 0.05) is 43.3 Å². The molecule has 8 atom stereocenters. The topological polar surface area (TPSA) is 215 Å². The molecule has 4 N–H and O–H groups in total. The molecule has 2 aromatic rings. The molecule has 3 saturated carbocycles. The molecule has 1 aromatic carbocycles. The number of carbonyl (C=O) groups is 5. The molecule has 2 bridgehead atoms. The molecule has 6 aliphatic rings. The summed E-state index contributed by atoms with van der Waals surface area (Å²) >= 11 is 0. The van der Waals surface area contributed by atoms with E-state index in [4.69, 9.17) is 19.2 Å². The van der Waals surface area contributed by atoms with Gasteiger partial charge in [0.1, 0.15) is 35.6 Å². The van der Waals surface area contributed by atoms with Crippen LogP contribution < -0.4 is 30.1 Å². The van der Waals surface area contributed by atoms with Crippen LogP contribution in [0, 0.1) is 17.3 Å². The number of nitrogens with zero attached hydrogens (tertiary/aromatic N) is 3. The third-order valence-electron chi connectivity index (χ3n) is 14.5. The number of para-hydroxylation sites is 1. The van der Waals surface area contributed by atoms with Crippen molar-refractivity contribution >= 4 is 50.6 Å². The summed E-state index contributed by atoms with van der Waals surface area (Å²) in [5, 5.41) is 9.57. The molecule has 0 spiro atoms. The zero-order valence-electron chi connectivity index (χ0n) is 39.0. The standard InChI is InChI=1S/C48H67N7O10S/c1-7-30-26-48(30,44(59)53-66(61,62)47(5)20-21-47)52-41(57)36-25-32-28-55(36)43(58)40(46(2,3)4)51-45(60)65-37-24-29(37)14-9-8-10-16-34-39(33-15-11-12-17-35(33)50-42(34)64-32)63-23-13-22-54(6)27-31-18-19-38(56)49-31/h7,11-12,15,17,29-32,36-37,40H,1,8-10,13-14,16,18-28H2,2-6H3,(H,49,56)(H,51,60)(H,52,57)(H,53,59)/t29-,30-,31?,32-,36+,37-,40-,48-/m1/s1. The van der Waals surface area contributed by atoms with Gasteiger partial charge in [0.05, 0.1) is 29.0 Å². The van der Waals surface area contributed by atoms with Crippen LogP contribution in [0.4, 0.5) is 4.79 Å². The Bertz CT molecular complexity index is 2350. The van der Waals surface area contributed by atoms with Crippen LogP contribution in [0.2, 0.25) is 0 Å². The number of alkyl carbamates (subject to hydrolysis) is 1. The SMILES string of the molecule is C=C[C@@H]1C[C@]1(NC(=O)[C@@H]1C[C@@H]2CN1C(=O)[C@H](C(C)(C)C)NC(=O)O[C@@H]1C[C@H]1CCCCCc1c(nc3ccccc3c1OCCCN(C)CC1CCC(=O)N1)O2)C(=O)NS(=O)(=O)C1(C)CC1. The number of ether oxygens (including phenoxy) is 3. The quantitative estimate of drug-likeness (QED) is 0.164. The summed E-state index contributed by atoms with van der Waals surface area (Å²) in [7, 11) is -1.99. The van der Waals surface area contributed by atoms with Crippen LogP contribution in [-0.4, -0.2) is 127 Å². The van der Waals surface area contributed by atoms with Crippen LogP contribution in [0.25, 0.3) is 10.9 Å². The average molecular weight is 934 g/mol. The molecule has 8 rings (SSSR count). The Morgan fingerprint density at radius 2 is 1.83 bits per heavy atom. The number of hydrogen-bond acceptors (Lipinski definition) is 12. The van der Waals surface area contributed by atoms with E-state index in [1.807, 2.05) is 52.1 Å². The number of amides is 5. The number of rotatable bonds is 13. The lowest BCUT2D eigenvalue weighted by Crippen LogP contribution is -2.60. The normalized spacial score (nSPS) is 29.8. The lowest BCUT2D eigenvalue weighted by Gasteiger charge is -2.35. The van der Waals surface area contributed by atoms with Gasteiger partial charge in [-0.05, 0) is 95.2 Å². The molecule has 1 unspecified atom stereocenters. The van der Waals surface area contributed by atoms with Gasteiger partial charge in [-0.1, -0.05) is 51.8 Å². The Labute approximate surface area is 387 Å². The van der Waals surface area contributed by atoms with E-state index < -0.39 is 73.6 Å². The van der Waals surface area contributed by atoms with Crippen LogP contribution >= 0.6 is 0 Å². The van der Waals surface area contributed by atoms with Crippen molar-refractivity contribution in [2.45, 2.75) is 152 Å². The summed E-state index contributed by atoms with van der Waals surface area (Å²) in [6.07, 6.45) is 7.76. The summed E-state index contributed by atoms with van der Waals surface area (Å²) in [6, 6.07) is 5.58. The Kier molecular flexibility index (Phi) is 13.4. The minimum absolute atomic E-state index is 0.00732. The summed E-state index contributed by atoms with van der Waals surface area (Å²) in [5.74, 6) is -1.26. The second-order valence-corrected chi connectivity index (χ2v) is 23.1. The molecule has 18 heteroatoms. The first-order valence-electron chi connectivity index (χ1n) is 23.8. The number of benzene rings is 1. The second-order valence-electron chi connectivity index (χ2n) is 20.9. The van der Waals surface area contributed by atoms with Crippen molar-refractivity contribution in [3.05, 3.63) is 42.5 Å². The van der Waals surface area contributed by atoms with Crippen LogP contribution in [0.3, 0.4) is 0 Å². The van der Waals surface area contributed by atoms with Crippen LogP contribution in [-0.2, 0) is 40.4 Å². The van der Waals surface area contributed by atoms with E-state index in [0.29, 0.717) is 49.4 Å². The first kappa shape index (κ1) is 47.5. The molecular formula is C48H67N7O10S. The monoisotopic (exact) mass is 933 g/mol. The van der Waals surface area contributed by atoms with Gasteiger partial charge < -0.3 is 40.0 Å². The van der Waals surface area contributed by atoms with Gasteiger partial charge in [0.15, 0.2) is 0 Å². The maximum atomic E-state index is 14.9. The van der Waals surface area contributed by atoms with E-state index >= 15 is 0 Å². The third kappa shape index (κ3) is 10.3. The molecule has 1 aromatic heterocycles. The van der Waals surface area contributed by atoms with Crippen molar-refractivity contribution < 1.29 is 46.6 Å². The summed E-state index contributed by atoms with van der Waals surface area (Å²) < 4.78 is 46.9. The number of likely N-dealkylation sites (N-methyl/N-ethyl adjacent to an activating group) is 1. The third-order valence-corrected chi connectivity index (χ3v) is 16.6. The minimum atomic E-state index is -4.03. The highest BCUT2D eigenvalue weighted by molar-refractivity contribution is 7.91. The molecule has 17 nitrogen and oxygen atoms in total. The largest absolute Gasteiger partial charge is 0.492 e. The van der Waals surface area contributed by atoms with Crippen LogP contribution in [0.1, 0.15) is 110 Å². The van der Waals surface area contributed by atoms with E-state index in [0.717, 1.165) is 69.0 Å². The first-order chi connectivity index (χ1) is 31.3. The lowest BCUT2D eigenvalue weighted by atomic mass is 9.85. The van der Waals surface area contributed by atoms with Crippen LogP contribution in [0.15, 0.2) is 36.9 Å². The van der Waals surface area contributed by atoms with Gasteiger partial charge in [-0.3, -0.25) is 23.9 Å². The fourth-order valence-corrected chi connectivity index (χ4v) is 11.1. The number of nitrogens with one attached hydrogen (secondary N) is 4. The van der Waals surface area contributed by atoms with Crippen molar-refractivity contribution in [2.75, 3.05) is 33.3 Å². The molecule has 2 saturated heterocycles. The molecule has 3 aliphatic carbocycles. The number of hydrogen-bond donors (Lipinski definition) is 4. The molecule has 66 heavy (non-hydrogen) atoms. The number of sulfonamides is 1. The van der Waals surface area contributed by atoms with Crippen molar-refractivity contribution in [2.24, 2.45) is 17.3 Å². The Hall–Kier alpha value is -4.97. The van der Waals surface area contributed by atoms with Crippen molar-refractivity contribution in [1.29, 1.82) is 0 Å². The van der Waals surface area contributed by atoms with E-state index in [2.05, 4.69) is 32.2 Å². The molecule has 360 valence electrons. The molecule has 5 fully saturated rings. The van der Waals surface area contributed by atoms with Gasteiger partial charge in [-0.2, -0.15) is 0 Å². The summed E-state index contributed by atoms with van der Waals surface area (Å²) in [5.41, 5.74) is -0.961. The predicted octanol–water partition coefficient (Wildman–Crippen LogP) is 4.27.